The molecular formula is C21H22N6. The normalized spacial score (nSPS) is 11.9. The number of hydrogen-bond donors (Lipinski definition) is 1. The molecule has 0 radical (unpaired) electrons. The number of rotatable bonds is 5. The third-order valence-electron chi connectivity index (χ3n) is 4.67. The van der Waals surface area contributed by atoms with Crippen molar-refractivity contribution in [2.24, 2.45) is 5.10 Å². The number of fused-ring (bicyclic) bond motifs is 3. The van der Waals surface area contributed by atoms with Crippen molar-refractivity contribution in [3.8, 4) is 0 Å². The van der Waals surface area contributed by atoms with Crippen LogP contribution in [-0.4, -0.2) is 26.0 Å². The number of nitrogens with zero attached hydrogens (tertiary/aromatic N) is 5. The van der Waals surface area contributed by atoms with Gasteiger partial charge in [-0.25, -0.2) is 5.43 Å². The molecule has 0 spiro atoms. The van der Waals surface area contributed by atoms with E-state index >= 15 is 0 Å². The monoisotopic (exact) mass is 358 g/mol. The van der Waals surface area contributed by atoms with E-state index in [2.05, 4.69) is 81.4 Å². The van der Waals surface area contributed by atoms with E-state index in [0.717, 1.165) is 34.2 Å². The fourth-order valence-corrected chi connectivity index (χ4v) is 3.20. The predicted molar refractivity (Wildman–Crippen MR) is 110 cm³/mol. The standard InChI is InChI=1S/C21H22N6/c1-4-27-18-8-6-5-7-17(18)19-20(27)23-21(26-24-19)25-22-13-15-9-11-16(12-10-15)14(2)3/h5-14H,4H2,1-3H3,(H,23,25,26)/b22-13+. The van der Waals surface area contributed by atoms with Crippen molar-refractivity contribution >= 4 is 34.2 Å². The molecule has 0 aliphatic heterocycles. The molecule has 4 rings (SSSR count). The summed E-state index contributed by atoms with van der Waals surface area (Å²) in [7, 11) is 0. The Labute approximate surface area is 158 Å². The molecular weight excluding hydrogens is 336 g/mol. The van der Waals surface area contributed by atoms with Crippen LogP contribution in [0.15, 0.2) is 53.6 Å². The minimum Gasteiger partial charge on any atom is -0.324 e. The zero-order valence-electron chi connectivity index (χ0n) is 15.7. The Morgan fingerprint density at radius 3 is 2.59 bits per heavy atom. The molecule has 0 aliphatic rings. The quantitative estimate of drug-likeness (QED) is 0.419. The Hall–Kier alpha value is -3.28. The highest BCUT2D eigenvalue weighted by Gasteiger charge is 2.13. The number of aromatic nitrogens is 4. The highest BCUT2D eigenvalue weighted by atomic mass is 15.4. The Bertz CT molecular complexity index is 1110. The average molecular weight is 358 g/mol. The number of hydrazone groups is 1. The smallest absolute Gasteiger partial charge is 0.265 e. The minimum atomic E-state index is 0.384. The molecule has 0 saturated heterocycles. The summed E-state index contributed by atoms with van der Waals surface area (Å²) in [5.74, 6) is 0.903. The van der Waals surface area contributed by atoms with Crippen LogP contribution < -0.4 is 5.43 Å². The van der Waals surface area contributed by atoms with Gasteiger partial charge in [-0.2, -0.15) is 10.1 Å². The average Bonchev–Trinajstić information content (AvgIpc) is 3.01. The predicted octanol–water partition coefficient (Wildman–Crippen LogP) is 4.57. The number of para-hydroxylation sites is 1. The number of benzene rings is 2. The second-order valence-corrected chi connectivity index (χ2v) is 6.76. The van der Waals surface area contributed by atoms with Gasteiger partial charge in [0.25, 0.3) is 5.95 Å². The molecule has 27 heavy (non-hydrogen) atoms. The summed E-state index contributed by atoms with van der Waals surface area (Å²) in [6.45, 7) is 7.27. The summed E-state index contributed by atoms with van der Waals surface area (Å²) in [5.41, 5.74) is 7.96. The summed E-state index contributed by atoms with van der Waals surface area (Å²) in [6, 6.07) is 16.5. The van der Waals surface area contributed by atoms with E-state index in [4.69, 9.17) is 0 Å². The van der Waals surface area contributed by atoms with E-state index < -0.39 is 0 Å². The van der Waals surface area contributed by atoms with Gasteiger partial charge in [-0.05, 0) is 30.0 Å². The first-order valence-corrected chi connectivity index (χ1v) is 9.18. The van der Waals surface area contributed by atoms with Crippen molar-refractivity contribution in [2.75, 3.05) is 5.43 Å². The molecule has 1 N–H and O–H groups in total. The van der Waals surface area contributed by atoms with Crippen LogP contribution in [0.4, 0.5) is 5.95 Å². The number of aryl methyl sites for hydroxylation is 1. The lowest BCUT2D eigenvalue weighted by Gasteiger charge is -2.04. The first-order valence-electron chi connectivity index (χ1n) is 9.18. The van der Waals surface area contributed by atoms with Gasteiger partial charge in [0.05, 0.1) is 11.7 Å². The minimum absolute atomic E-state index is 0.384. The number of anilines is 1. The van der Waals surface area contributed by atoms with Gasteiger partial charge in [0, 0.05) is 11.9 Å². The van der Waals surface area contributed by atoms with E-state index in [1.54, 1.807) is 6.21 Å². The summed E-state index contributed by atoms with van der Waals surface area (Å²) in [4.78, 5) is 4.62. The number of nitrogens with one attached hydrogen (secondary N) is 1. The molecule has 0 bridgehead atoms. The molecule has 2 aromatic heterocycles. The maximum Gasteiger partial charge on any atom is 0.265 e. The zero-order valence-corrected chi connectivity index (χ0v) is 15.7. The van der Waals surface area contributed by atoms with Crippen molar-refractivity contribution < 1.29 is 0 Å². The summed E-state index contributed by atoms with van der Waals surface area (Å²) in [5, 5.41) is 13.9. The zero-order chi connectivity index (χ0) is 18.8. The van der Waals surface area contributed by atoms with Crippen LogP contribution in [0.3, 0.4) is 0 Å². The van der Waals surface area contributed by atoms with Gasteiger partial charge in [0.1, 0.15) is 5.52 Å². The molecule has 6 nitrogen and oxygen atoms in total. The fourth-order valence-electron chi connectivity index (χ4n) is 3.20. The van der Waals surface area contributed by atoms with Crippen LogP contribution >= 0.6 is 0 Å². The summed E-state index contributed by atoms with van der Waals surface area (Å²) < 4.78 is 2.14. The van der Waals surface area contributed by atoms with Crippen molar-refractivity contribution in [3.63, 3.8) is 0 Å². The van der Waals surface area contributed by atoms with Gasteiger partial charge >= 0.3 is 0 Å². The van der Waals surface area contributed by atoms with Crippen LogP contribution in [0.5, 0.6) is 0 Å². The maximum absolute atomic E-state index is 4.62. The first-order chi connectivity index (χ1) is 13.2. The van der Waals surface area contributed by atoms with E-state index in [1.807, 2.05) is 18.2 Å². The number of hydrogen-bond acceptors (Lipinski definition) is 5. The summed E-state index contributed by atoms with van der Waals surface area (Å²) >= 11 is 0. The molecule has 0 fully saturated rings. The van der Waals surface area contributed by atoms with Crippen LogP contribution in [0.25, 0.3) is 22.1 Å². The molecule has 136 valence electrons. The molecule has 4 aromatic rings. The Morgan fingerprint density at radius 2 is 1.85 bits per heavy atom. The molecule has 2 heterocycles. The molecule has 0 unspecified atom stereocenters. The van der Waals surface area contributed by atoms with Gasteiger partial charge in [-0.15, -0.1) is 10.2 Å². The molecule has 0 aliphatic carbocycles. The van der Waals surface area contributed by atoms with Gasteiger partial charge in [0.2, 0.25) is 0 Å². The molecule has 0 saturated carbocycles. The maximum atomic E-state index is 4.62. The second-order valence-electron chi connectivity index (χ2n) is 6.76. The van der Waals surface area contributed by atoms with Gasteiger partial charge < -0.3 is 4.57 Å². The molecule has 6 heteroatoms. The van der Waals surface area contributed by atoms with Crippen LogP contribution in [-0.2, 0) is 6.54 Å². The van der Waals surface area contributed by atoms with E-state index in [9.17, 15) is 0 Å². The molecule has 0 atom stereocenters. The highest BCUT2D eigenvalue weighted by molar-refractivity contribution is 6.04. The molecule has 0 amide bonds. The third kappa shape index (κ3) is 3.26. The van der Waals surface area contributed by atoms with Crippen LogP contribution in [0.2, 0.25) is 0 Å². The Balaban J connectivity index is 1.60. The van der Waals surface area contributed by atoms with Crippen molar-refractivity contribution in [3.05, 3.63) is 59.7 Å². The van der Waals surface area contributed by atoms with E-state index in [0.29, 0.717) is 11.9 Å². The highest BCUT2D eigenvalue weighted by Crippen LogP contribution is 2.26. The first kappa shape index (κ1) is 17.1. The van der Waals surface area contributed by atoms with E-state index in [-0.39, 0.29) is 0 Å². The van der Waals surface area contributed by atoms with Crippen LogP contribution in [0, 0.1) is 0 Å². The SMILES string of the molecule is CCn1c2ccccc2c2nnc(N/N=C/c3ccc(C(C)C)cc3)nc21. The van der Waals surface area contributed by atoms with Gasteiger partial charge in [0.15, 0.2) is 5.65 Å². The topological polar surface area (TPSA) is 68.0 Å². The lowest BCUT2D eigenvalue weighted by Crippen LogP contribution is -2.02. The fraction of sp³-hybridized carbons (Fsp3) is 0.238. The lowest BCUT2D eigenvalue weighted by molar-refractivity contribution is 0.811. The second kappa shape index (κ2) is 7.15. The van der Waals surface area contributed by atoms with Crippen LogP contribution in [0.1, 0.15) is 37.8 Å². The summed E-state index contributed by atoms with van der Waals surface area (Å²) in [6.07, 6.45) is 1.76. The molecule has 2 aromatic carbocycles. The Morgan fingerprint density at radius 1 is 1.07 bits per heavy atom. The largest absolute Gasteiger partial charge is 0.324 e. The van der Waals surface area contributed by atoms with Crippen molar-refractivity contribution in [2.45, 2.75) is 33.2 Å². The van der Waals surface area contributed by atoms with Gasteiger partial charge in [-0.3, -0.25) is 0 Å². The lowest BCUT2D eigenvalue weighted by atomic mass is 10.0. The van der Waals surface area contributed by atoms with E-state index in [1.165, 1.54) is 5.56 Å². The Kier molecular flexibility index (Phi) is 4.54. The van der Waals surface area contributed by atoms with Crippen molar-refractivity contribution in [1.29, 1.82) is 0 Å². The van der Waals surface area contributed by atoms with Gasteiger partial charge in [-0.1, -0.05) is 56.3 Å². The van der Waals surface area contributed by atoms with Crippen molar-refractivity contribution in [1.82, 2.24) is 19.7 Å². The third-order valence-corrected chi connectivity index (χ3v) is 4.67.